The maximum atomic E-state index is 13.3. The number of anilines is 2. The molecule has 3 aromatic carbocycles. The highest BCUT2D eigenvalue weighted by atomic mass is 35.5. The third kappa shape index (κ3) is 4.21. The molecule has 0 fully saturated rings. The molecule has 1 atom stereocenters. The molecule has 0 N–H and O–H groups in total. The van der Waals surface area contributed by atoms with Gasteiger partial charge in [-0.05, 0) is 66.9 Å². The van der Waals surface area contributed by atoms with Crippen molar-refractivity contribution in [3.05, 3.63) is 94.4 Å². The monoisotopic (exact) mass is 474 g/mol. The fourth-order valence-corrected chi connectivity index (χ4v) is 4.65. The van der Waals surface area contributed by atoms with Gasteiger partial charge in [0.05, 0.1) is 23.6 Å². The number of hydrogen-bond donors (Lipinski definition) is 0. The highest BCUT2D eigenvalue weighted by Crippen LogP contribution is 2.39. The Bertz CT molecular complexity index is 1350. The van der Waals surface area contributed by atoms with Gasteiger partial charge in [0, 0.05) is 34.8 Å². The van der Waals surface area contributed by atoms with Crippen molar-refractivity contribution in [3.8, 4) is 11.3 Å². The number of fused-ring (bicyclic) bond motifs is 3. The molecule has 34 heavy (non-hydrogen) atoms. The number of ketones is 1. The second-order valence-electron chi connectivity index (χ2n) is 8.69. The van der Waals surface area contributed by atoms with Gasteiger partial charge in [-0.3, -0.25) is 4.79 Å². The molecule has 7 heteroatoms. The maximum Gasteiger partial charge on any atom is 0.163 e. The third-order valence-electron chi connectivity index (χ3n) is 6.37. The van der Waals surface area contributed by atoms with Gasteiger partial charge in [0.2, 0.25) is 0 Å². The standard InChI is InChI=1S/C27H24ClFN4O/c1-17(19-3-8-22(29)9-4-19)15-26(34)20-5-12-24-25(16-20)32(23-10-6-21(28)7-11-23)13-14-33-27(24)18(2)30-31-33/h3-12,16-17H,13-15H2,1-2H3/t17-/m1/s1. The number of carbonyl (C=O) groups excluding carboxylic acids is 1. The quantitative estimate of drug-likeness (QED) is 0.307. The first-order valence-corrected chi connectivity index (χ1v) is 11.6. The van der Waals surface area contributed by atoms with Crippen LogP contribution >= 0.6 is 11.6 Å². The molecule has 0 aliphatic carbocycles. The van der Waals surface area contributed by atoms with Crippen molar-refractivity contribution in [1.29, 1.82) is 0 Å². The Morgan fingerprint density at radius 3 is 2.53 bits per heavy atom. The van der Waals surface area contributed by atoms with E-state index >= 15 is 0 Å². The molecule has 0 saturated carbocycles. The fourth-order valence-electron chi connectivity index (χ4n) is 4.53. The number of hydrogen-bond acceptors (Lipinski definition) is 4. The van der Waals surface area contributed by atoms with Gasteiger partial charge in [-0.25, -0.2) is 9.07 Å². The van der Waals surface area contributed by atoms with Crippen molar-refractivity contribution >= 4 is 28.8 Å². The summed E-state index contributed by atoms with van der Waals surface area (Å²) in [6, 6.07) is 19.9. The molecule has 4 aromatic rings. The number of aromatic nitrogens is 3. The first-order chi connectivity index (χ1) is 16.4. The van der Waals surface area contributed by atoms with Crippen LogP contribution in [0.3, 0.4) is 0 Å². The van der Waals surface area contributed by atoms with Crippen LogP contribution < -0.4 is 4.90 Å². The van der Waals surface area contributed by atoms with Crippen molar-refractivity contribution in [2.24, 2.45) is 0 Å². The average Bonchev–Trinajstić information content (AvgIpc) is 3.11. The van der Waals surface area contributed by atoms with Crippen LogP contribution in [0.2, 0.25) is 5.02 Å². The Hall–Kier alpha value is -3.51. The lowest BCUT2D eigenvalue weighted by Gasteiger charge is -2.25. The Balaban J connectivity index is 1.53. The molecule has 172 valence electrons. The Morgan fingerprint density at radius 1 is 1.06 bits per heavy atom. The van der Waals surface area contributed by atoms with Crippen molar-refractivity contribution in [2.75, 3.05) is 11.4 Å². The minimum Gasteiger partial charge on any atom is -0.339 e. The number of benzene rings is 3. The molecule has 0 saturated heterocycles. The second-order valence-corrected chi connectivity index (χ2v) is 9.12. The van der Waals surface area contributed by atoms with E-state index in [0.717, 1.165) is 33.9 Å². The minimum absolute atomic E-state index is 0.0212. The molecule has 1 aliphatic rings. The van der Waals surface area contributed by atoms with E-state index in [9.17, 15) is 9.18 Å². The summed E-state index contributed by atoms with van der Waals surface area (Å²) in [7, 11) is 0. The van der Waals surface area contributed by atoms with E-state index in [2.05, 4.69) is 15.2 Å². The molecular weight excluding hydrogens is 451 g/mol. The molecule has 0 bridgehead atoms. The van der Waals surface area contributed by atoms with E-state index in [1.165, 1.54) is 12.1 Å². The molecule has 0 unspecified atom stereocenters. The Kier molecular flexibility index (Phi) is 5.92. The minimum atomic E-state index is -0.278. The van der Waals surface area contributed by atoms with Crippen LogP contribution in [0.1, 0.15) is 40.9 Å². The van der Waals surface area contributed by atoms with Crippen LogP contribution in [0.25, 0.3) is 11.3 Å². The van der Waals surface area contributed by atoms with E-state index in [-0.39, 0.29) is 17.5 Å². The molecule has 5 rings (SSSR count). The zero-order chi connectivity index (χ0) is 23.8. The third-order valence-corrected chi connectivity index (χ3v) is 6.63. The van der Waals surface area contributed by atoms with Crippen molar-refractivity contribution in [3.63, 3.8) is 0 Å². The molecular formula is C27H24ClFN4O. The Labute approximate surface area is 202 Å². The van der Waals surface area contributed by atoms with Gasteiger partial charge in [0.1, 0.15) is 5.82 Å². The number of Topliss-reactive ketones (excluding diaryl/α,β-unsaturated/α-hetero) is 1. The number of carbonyl (C=O) groups is 1. The van der Waals surface area contributed by atoms with Crippen molar-refractivity contribution in [1.82, 2.24) is 15.0 Å². The lowest BCUT2D eigenvalue weighted by molar-refractivity contribution is 0.0975. The fraction of sp³-hybridized carbons (Fsp3) is 0.222. The maximum absolute atomic E-state index is 13.3. The van der Waals surface area contributed by atoms with E-state index in [1.54, 1.807) is 12.1 Å². The number of rotatable bonds is 5. The normalized spacial score (nSPS) is 13.7. The van der Waals surface area contributed by atoms with Crippen LogP contribution in [0, 0.1) is 12.7 Å². The van der Waals surface area contributed by atoms with Gasteiger partial charge in [-0.15, -0.1) is 5.10 Å². The van der Waals surface area contributed by atoms with Crippen LogP contribution in [-0.2, 0) is 6.54 Å². The molecule has 1 aliphatic heterocycles. The molecule has 0 spiro atoms. The zero-order valence-corrected chi connectivity index (χ0v) is 19.8. The predicted molar refractivity (Wildman–Crippen MR) is 132 cm³/mol. The van der Waals surface area contributed by atoms with E-state index in [0.29, 0.717) is 30.1 Å². The zero-order valence-electron chi connectivity index (χ0n) is 19.0. The van der Waals surface area contributed by atoms with Crippen LogP contribution in [-0.4, -0.2) is 27.3 Å². The van der Waals surface area contributed by atoms with Crippen LogP contribution in [0.15, 0.2) is 66.7 Å². The van der Waals surface area contributed by atoms with Gasteiger partial charge in [-0.2, -0.15) is 0 Å². The summed E-state index contributed by atoms with van der Waals surface area (Å²) in [5, 5.41) is 9.26. The SMILES string of the molecule is Cc1nnn2c1-c1ccc(C(=O)C[C@@H](C)c3ccc(F)cc3)cc1N(c1ccc(Cl)cc1)CC2. The molecule has 5 nitrogen and oxygen atoms in total. The van der Waals surface area contributed by atoms with Crippen molar-refractivity contribution in [2.45, 2.75) is 32.7 Å². The smallest absolute Gasteiger partial charge is 0.163 e. The first-order valence-electron chi connectivity index (χ1n) is 11.3. The van der Waals surface area contributed by atoms with E-state index in [1.807, 2.05) is 61.0 Å². The van der Waals surface area contributed by atoms with Gasteiger partial charge in [-0.1, -0.05) is 41.9 Å². The van der Waals surface area contributed by atoms with Crippen LogP contribution in [0.5, 0.6) is 0 Å². The molecule has 2 heterocycles. The highest BCUT2D eigenvalue weighted by Gasteiger charge is 2.25. The molecule has 1 aromatic heterocycles. The van der Waals surface area contributed by atoms with Gasteiger partial charge in [0.15, 0.2) is 5.78 Å². The number of halogens is 2. The lowest BCUT2D eigenvalue weighted by atomic mass is 9.92. The van der Waals surface area contributed by atoms with Gasteiger partial charge < -0.3 is 4.90 Å². The first kappa shape index (κ1) is 22.3. The van der Waals surface area contributed by atoms with Gasteiger partial charge in [0.25, 0.3) is 0 Å². The lowest BCUT2D eigenvalue weighted by Crippen LogP contribution is -2.21. The van der Waals surface area contributed by atoms with Crippen LogP contribution in [0.4, 0.5) is 15.8 Å². The molecule has 0 amide bonds. The van der Waals surface area contributed by atoms with E-state index < -0.39 is 0 Å². The average molecular weight is 475 g/mol. The summed E-state index contributed by atoms with van der Waals surface area (Å²) in [5.74, 6) is -0.255. The summed E-state index contributed by atoms with van der Waals surface area (Å²) in [6.07, 6.45) is 0.337. The summed E-state index contributed by atoms with van der Waals surface area (Å²) in [4.78, 5) is 15.5. The molecule has 0 radical (unpaired) electrons. The van der Waals surface area contributed by atoms with E-state index in [4.69, 9.17) is 11.6 Å². The summed E-state index contributed by atoms with van der Waals surface area (Å²) in [5.41, 5.74) is 6.31. The second kappa shape index (κ2) is 9.03. The van der Waals surface area contributed by atoms with Gasteiger partial charge >= 0.3 is 0 Å². The highest BCUT2D eigenvalue weighted by molar-refractivity contribution is 6.30. The number of nitrogens with zero attached hydrogens (tertiary/aromatic N) is 4. The predicted octanol–water partition coefficient (Wildman–Crippen LogP) is 6.57. The van der Waals surface area contributed by atoms with Crippen molar-refractivity contribution < 1.29 is 9.18 Å². The summed E-state index contributed by atoms with van der Waals surface area (Å²) < 4.78 is 15.2. The summed E-state index contributed by atoms with van der Waals surface area (Å²) >= 11 is 6.13. The Morgan fingerprint density at radius 2 is 1.79 bits per heavy atom. The number of aryl methyl sites for hydroxylation is 1. The largest absolute Gasteiger partial charge is 0.339 e. The topological polar surface area (TPSA) is 51.0 Å². The summed E-state index contributed by atoms with van der Waals surface area (Å²) in [6.45, 7) is 5.28.